The maximum Gasteiger partial charge on any atom is 0.291 e. The smallest absolute Gasteiger partial charge is 0.291 e. The van der Waals surface area contributed by atoms with Gasteiger partial charge in [-0.1, -0.05) is 12.1 Å². The van der Waals surface area contributed by atoms with Gasteiger partial charge in [-0.2, -0.15) is 0 Å². The van der Waals surface area contributed by atoms with Crippen LogP contribution in [-0.4, -0.2) is 20.9 Å². The van der Waals surface area contributed by atoms with E-state index in [1.54, 1.807) is 24.8 Å². The Morgan fingerprint density at radius 3 is 2.38 bits per heavy atom. The first-order valence-electron chi connectivity index (χ1n) is 6.60. The van der Waals surface area contributed by atoms with Crippen molar-refractivity contribution >= 4 is 11.6 Å². The number of aromatic nitrogens is 3. The number of anilines is 1. The minimum absolute atomic E-state index is 0.248. The SMILES string of the molecule is O=C(Nc1ccc(Cc2ccncc2)cc1)c1ncc[nH]1. The van der Waals surface area contributed by atoms with E-state index in [2.05, 4.69) is 20.3 Å². The number of imidazole rings is 1. The first-order valence-corrected chi connectivity index (χ1v) is 6.60. The van der Waals surface area contributed by atoms with E-state index >= 15 is 0 Å². The maximum absolute atomic E-state index is 11.8. The molecular formula is C16H14N4O. The number of amides is 1. The summed E-state index contributed by atoms with van der Waals surface area (Å²) in [6.45, 7) is 0. The van der Waals surface area contributed by atoms with Crippen molar-refractivity contribution in [2.75, 3.05) is 5.32 Å². The second-order valence-electron chi connectivity index (χ2n) is 4.62. The molecule has 0 saturated carbocycles. The summed E-state index contributed by atoms with van der Waals surface area (Å²) in [4.78, 5) is 22.5. The van der Waals surface area contributed by atoms with Gasteiger partial charge >= 0.3 is 0 Å². The fourth-order valence-corrected chi connectivity index (χ4v) is 2.02. The Bertz CT molecular complexity index is 706. The van der Waals surface area contributed by atoms with Crippen LogP contribution in [0.2, 0.25) is 0 Å². The lowest BCUT2D eigenvalue weighted by molar-refractivity contribution is 0.101. The third-order valence-corrected chi connectivity index (χ3v) is 3.08. The van der Waals surface area contributed by atoms with Crippen molar-refractivity contribution in [1.29, 1.82) is 0 Å². The Labute approximate surface area is 122 Å². The standard InChI is InChI=1S/C16H14N4O/c21-16(15-18-9-10-19-15)20-14-3-1-12(2-4-14)11-13-5-7-17-8-6-13/h1-10H,11H2,(H,18,19)(H,20,21). The summed E-state index contributed by atoms with van der Waals surface area (Å²) in [5.41, 5.74) is 3.13. The zero-order chi connectivity index (χ0) is 14.5. The van der Waals surface area contributed by atoms with Crippen molar-refractivity contribution in [3.63, 3.8) is 0 Å². The van der Waals surface area contributed by atoms with E-state index in [1.165, 1.54) is 11.1 Å². The highest BCUT2D eigenvalue weighted by Gasteiger charge is 2.07. The molecule has 0 atom stereocenters. The molecule has 0 aliphatic rings. The van der Waals surface area contributed by atoms with Gasteiger partial charge < -0.3 is 10.3 Å². The van der Waals surface area contributed by atoms with Crippen LogP contribution in [0, 0.1) is 0 Å². The largest absolute Gasteiger partial charge is 0.341 e. The topological polar surface area (TPSA) is 70.7 Å². The number of carbonyl (C=O) groups excluding carboxylic acids is 1. The zero-order valence-corrected chi connectivity index (χ0v) is 11.3. The molecule has 0 unspecified atom stereocenters. The molecule has 3 aromatic rings. The summed E-state index contributed by atoms with van der Waals surface area (Å²) in [5, 5.41) is 2.79. The normalized spacial score (nSPS) is 10.3. The van der Waals surface area contributed by atoms with E-state index in [-0.39, 0.29) is 5.91 Å². The number of nitrogens with zero attached hydrogens (tertiary/aromatic N) is 2. The number of hydrogen-bond donors (Lipinski definition) is 2. The third-order valence-electron chi connectivity index (χ3n) is 3.08. The Hall–Kier alpha value is -2.95. The third kappa shape index (κ3) is 3.33. The van der Waals surface area contributed by atoms with Crippen molar-refractivity contribution in [2.24, 2.45) is 0 Å². The Morgan fingerprint density at radius 2 is 1.71 bits per heavy atom. The van der Waals surface area contributed by atoms with Crippen LogP contribution in [0.25, 0.3) is 0 Å². The van der Waals surface area contributed by atoms with E-state index in [0.29, 0.717) is 5.82 Å². The van der Waals surface area contributed by atoms with Gasteiger partial charge in [0, 0.05) is 30.5 Å². The van der Waals surface area contributed by atoms with Gasteiger partial charge in [0.1, 0.15) is 0 Å². The monoisotopic (exact) mass is 278 g/mol. The van der Waals surface area contributed by atoms with Gasteiger partial charge in [-0.15, -0.1) is 0 Å². The summed E-state index contributed by atoms with van der Waals surface area (Å²) >= 11 is 0. The minimum atomic E-state index is -0.248. The van der Waals surface area contributed by atoms with E-state index < -0.39 is 0 Å². The molecule has 21 heavy (non-hydrogen) atoms. The fraction of sp³-hybridized carbons (Fsp3) is 0.0625. The molecule has 1 amide bonds. The van der Waals surface area contributed by atoms with Crippen LogP contribution in [-0.2, 0) is 6.42 Å². The molecule has 0 saturated heterocycles. The highest BCUT2D eigenvalue weighted by atomic mass is 16.2. The van der Waals surface area contributed by atoms with E-state index in [1.807, 2.05) is 36.4 Å². The van der Waals surface area contributed by atoms with Crippen LogP contribution >= 0.6 is 0 Å². The molecule has 2 aromatic heterocycles. The van der Waals surface area contributed by atoms with Gasteiger partial charge in [-0.3, -0.25) is 9.78 Å². The van der Waals surface area contributed by atoms with Gasteiger partial charge in [0.05, 0.1) is 0 Å². The molecule has 5 nitrogen and oxygen atoms in total. The fourth-order valence-electron chi connectivity index (χ4n) is 2.02. The molecule has 0 aliphatic carbocycles. The molecule has 2 N–H and O–H groups in total. The van der Waals surface area contributed by atoms with Crippen LogP contribution in [0.3, 0.4) is 0 Å². The number of rotatable bonds is 4. The number of H-pyrrole nitrogens is 1. The summed E-state index contributed by atoms with van der Waals surface area (Å²) in [5.74, 6) is 0.0535. The summed E-state index contributed by atoms with van der Waals surface area (Å²) in [7, 11) is 0. The van der Waals surface area contributed by atoms with Crippen molar-refractivity contribution in [3.05, 3.63) is 78.1 Å². The Balaban J connectivity index is 1.65. The van der Waals surface area contributed by atoms with Gasteiger partial charge in [-0.25, -0.2) is 4.98 Å². The van der Waals surface area contributed by atoms with Gasteiger partial charge in [-0.05, 0) is 41.8 Å². The highest BCUT2D eigenvalue weighted by Crippen LogP contribution is 2.13. The van der Waals surface area contributed by atoms with Crippen LogP contribution in [0.15, 0.2) is 61.2 Å². The summed E-state index contributed by atoms with van der Waals surface area (Å²) in [6, 6.07) is 11.8. The Kier molecular flexibility index (Phi) is 3.73. The lowest BCUT2D eigenvalue weighted by Crippen LogP contribution is -2.13. The van der Waals surface area contributed by atoms with Crippen LogP contribution < -0.4 is 5.32 Å². The van der Waals surface area contributed by atoms with Crippen molar-refractivity contribution in [3.8, 4) is 0 Å². The van der Waals surface area contributed by atoms with Crippen molar-refractivity contribution in [2.45, 2.75) is 6.42 Å². The lowest BCUT2D eigenvalue weighted by Gasteiger charge is -2.05. The number of nitrogens with one attached hydrogen (secondary N) is 2. The molecule has 0 radical (unpaired) electrons. The molecular weight excluding hydrogens is 264 g/mol. The second-order valence-corrected chi connectivity index (χ2v) is 4.62. The van der Waals surface area contributed by atoms with Crippen molar-refractivity contribution < 1.29 is 4.79 Å². The average Bonchev–Trinajstić information content (AvgIpc) is 3.05. The number of aromatic amines is 1. The number of hydrogen-bond acceptors (Lipinski definition) is 3. The Morgan fingerprint density at radius 1 is 1.00 bits per heavy atom. The van der Waals surface area contributed by atoms with Crippen LogP contribution in [0.5, 0.6) is 0 Å². The molecule has 104 valence electrons. The molecule has 2 heterocycles. The lowest BCUT2D eigenvalue weighted by atomic mass is 10.1. The van der Waals surface area contributed by atoms with E-state index in [9.17, 15) is 4.79 Å². The first kappa shape index (κ1) is 13.1. The zero-order valence-electron chi connectivity index (χ0n) is 11.3. The van der Waals surface area contributed by atoms with E-state index in [4.69, 9.17) is 0 Å². The number of pyridine rings is 1. The molecule has 3 rings (SSSR count). The highest BCUT2D eigenvalue weighted by molar-refractivity contribution is 6.01. The number of benzene rings is 1. The maximum atomic E-state index is 11.8. The van der Waals surface area contributed by atoms with Gasteiger partial charge in [0.2, 0.25) is 0 Å². The van der Waals surface area contributed by atoms with Crippen LogP contribution in [0.4, 0.5) is 5.69 Å². The molecule has 5 heteroatoms. The van der Waals surface area contributed by atoms with Gasteiger partial charge in [0.25, 0.3) is 5.91 Å². The molecule has 0 spiro atoms. The second kappa shape index (κ2) is 6.00. The molecule has 0 aliphatic heterocycles. The minimum Gasteiger partial charge on any atom is -0.341 e. The molecule has 0 fully saturated rings. The molecule has 0 bridgehead atoms. The van der Waals surface area contributed by atoms with Gasteiger partial charge in [0.15, 0.2) is 5.82 Å². The van der Waals surface area contributed by atoms with E-state index in [0.717, 1.165) is 12.1 Å². The van der Waals surface area contributed by atoms with Crippen LogP contribution in [0.1, 0.15) is 21.7 Å². The van der Waals surface area contributed by atoms with Crippen molar-refractivity contribution in [1.82, 2.24) is 15.0 Å². The number of carbonyl (C=O) groups is 1. The molecule has 1 aromatic carbocycles. The predicted octanol–water partition coefficient (Wildman–Crippen LogP) is 2.65. The average molecular weight is 278 g/mol. The summed E-state index contributed by atoms with van der Waals surface area (Å²) < 4.78 is 0. The predicted molar refractivity (Wildman–Crippen MR) is 80.0 cm³/mol. The summed E-state index contributed by atoms with van der Waals surface area (Å²) in [6.07, 6.45) is 7.58. The first-order chi connectivity index (χ1) is 10.3. The quantitative estimate of drug-likeness (QED) is 0.770.